The quantitative estimate of drug-likeness (QED) is 0.303. The van der Waals surface area contributed by atoms with E-state index in [1.165, 1.54) is 39.9 Å². The van der Waals surface area contributed by atoms with Crippen molar-refractivity contribution >= 4 is 66.4 Å². The maximum Gasteiger partial charge on any atom is 0.279 e. The van der Waals surface area contributed by atoms with Gasteiger partial charge in [-0.15, -0.1) is 6.58 Å². The number of halogens is 2. The molecule has 0 saturated heterocycles. The second-order valence-corrected chi connectivity index (χ2v) is 11.5. The number of amides is 1. The third-order valence-electron chi connectivity index (χ3n) is 5.78. The molecule has 35 heavy (non-hydrogen) atoms. The van der Waals surface area contributed by atoms with Gasteiger partial charge in [0.15, 0.2) is 4.80 Å². The Balaban J connectivity index is 1.48. The molecule has 1 aromatic heterocycles. The molecule has 0 spiro atoms. The van der Waals surface area contributed by atoms with Crippen LogP contribution >= 0.6 is 34.5 Å². The van der Waals surface area contributed by atoms with E-state index in [4.69, 9.17) is 23.2 Å². The van der Waals surface area contributed by atoms with Crippen LogP contribution in [-0.4, -0.2) is 25.4 Å². The summed E-state index contributed by atoms with van der Waals surface area (Å²) >= 11 is 13.9. The molecule has 0 unspecified atom stereocenters. The number of aromatic nitrogens is 1. The number of sulfonamides is 1. The topological polar surface area (TPSA) is 71.7 Å². The van der Waals surface area contributed by atoms with Gasteiger partial charge in [-0.05, 0) is 54.4 Å². The summed E-state index contributed by atoms with van der Waals surface area (Å²) in [5.74, 6) is -0.493. The Kier molecular flexibility index (Phi) is 6.31. The van der Waals surface area contributed by atoms with E-state index >= 15 is 0 Å². The molecular formula is C25H19Cl2N3O3S2. The lowest BCUT2D eigenvalue weighted by atomic mass is 10.2. The SMILES string of the molecule is C=CCn1c(=NC(=O)c2ccc(S(=O)(=O)N3CCc4ccccc43)cc2)sc2ccc(Cl)c(Cl)c21. The van der Waals surface area contributed by atoms with Crippen LogP contribution in [0.3, 0.4) is 0 Å². The lowest BCUT2D eigenvalue weighted by molar-refractivity contribution is 0.0998. The molecule has 1 aliphatic rings. The molecule has 1 amide bonds. The van der Waals surface area contributed by atoms with Crippen molar-refractivity contribution in [3.63, 3.8) is 0 Å². The van der Waals surface area contributed by atoms with Crippen molar-refractivity contribution in [3.05, 3.63) is 99.3 Å². The molecule has 4 aromatic rings. The highest BCUT2D eigenvalue weighted by atomic mass is 35.5. The lowest BCUT2D eigenvalue weighted by Crippen LogP contribution is -2.29. The fourth-order valence-corrected chi connectivity index (χ4v) is 7.12. The first-order chi connectivity index (χ1) is 16.8. The monoisotopic (exact) mass is 543 g/mol. The summed E-state index contributed by atoms with van der Waals surface area (Å²) in [5, 5.41) is 0.791. The third kappa shape index (κ3) is 4.21. The Bertz CT molecular complexity index is 1660. The fourth-order valence-electron chi connectivity index (χ4n) is 4.09. The van der Waals surface area contributed by atoms with Gasteiger partial charge in [-0.25, -0.2) is 8.42 Å². The first-order valence-corrected chi connectivity index (χ1v) is 13.7. The van der Waals surface area contributed by atoms with Gasteiger partial charge < -0.3 is 4.57 Å². The van der Waals surface area contributed by atoms with Gasteiger partial charge in [0.05, 0.1) is 30.8 Å². The molecule has 0 atom stereocenters. The first kappa shape index (κ1) is 23.8. The van der Waals surface area contributed by atoms with E-state index in [9.17, 15) is 13.2 Å². The van der Waals surface area contributed by atoms with E-state index in [0.717, 1.165) is 10.3 Å². The van der Waals surface area contributed by atoms with Crippen molar-refractivity contribution in [1.29, 1.82) is 0 Å². The minimum Gasteiger partial charge on any atom is -0.311 e. The summed E-state index contributed by atoms with van der Waals surface area (Å²) in [4.78, 5) is 17.8. The predicted molar refractivity (Wildman–Crippen MR) is 141 cm³/mol. The molecule has 0 radical (unpaired) electrons. The van der Waals surface area contributed by atoms with Crippen molar-refractivity contribution in [2.75, 3.05) is 10.8 Å². The largest absolute Gasteiger partial charge is 0.311 e. The Morgan fingerprint density at radius 2 is 1.83 bits per heavy atom. The van der Waals surface area contributed by atoms with Crippen LogP contribution in [0.5, 0.6) is 0 Å². The number of carbonyl (C=O) groups is 1. The van der Waals surface area contributed by atoms with E-state index in [2.05, 4.69) is 11.6 Å². The smallest absolute Gasteiger partial charge is 0.279 e. The van der Waals surface area contributed by atoms with Crippen molar-refractivity contribution in [2.45, 2.75) is 17.9 Å². The van der Waals surface area contributed by atoms with Crippen LogP contribution in [0.4, 0.5) is 5.69 Å². The highest BCUT2D eigenvalue weighted by Crippen LogP contribution is 2.33. The number of rotatable bonds is 5. The molecule has 5 rings (SSSR count). The van der Waals surface area contributed by atoms with Gasteiger partial charge in [-0.2, -0.15) is 4.99 Å². The average molecular weight is 544 g/mol. The Morgan fingerprint density at radius 3 is 2.57 bits per heavy atom. The van der Waals surface area contributed by atoms with Gasteiger partial charge in [0.2, 0.25) is 0 Å². The van der Waals surface area contributed by atoms with Crippen molar-refractivity contribution in [3.8, 4) is 0 Å². The summed E-state index contributed by atoms with van der Waals surface area (Å²) < 4.78 is 30.5. The molecule has 0 bridgehead atoms. The number of thiazole rings is 1. The highest BCUT2D eigenvalue weighted by molar-refractivity contribution is 7.92. The normalized spacial score (nSPS) is 13.9. The summed E-state index contributed by atoms with van der Waals surface area (Å²) in [5.41, 5.74) is 2.65. The van der Waals surface area contributed by atoms with Crippen LogP contribution in [0.2, 0.25) is 10.0 Å². The summed E-state index contributed by atoms with van der Waals surface area (Å²) in [6.07, 6.45) is 2.35. The van der Waals surface area contributed by atoms with Crippen LogP contribution in [0.15, 0.2) is 83.2 Å². The van der Waals surface area contributed by atoms with Gasteiger partial charge in [0, 0.05) is 18.7 Å². The standard InChI is InChI=1S/C25H19Cl2N3O3S2/c1-2-14-29-23-21(12-11-19(26)22(23)27)34-25(29)28-24(31)17-7-9-18(10-8-17)35(32,33)30-15-13-16-5-3-4-6-20(16)30/h2-12H,1,13-15H2. The van der Waals surface area contributed by atoms with Gasteiger partial charge in [-0.3, -0.25) is 9.10 Å². The van der Waals surface area contributed by atoms with Crippen LogP contribution < -0.4 is 9.11 Å². The van der Waals surface area contributed by atoms with Crippen LogP contribution in [0, 0.1) is 0 Å². The molecule has 6 nitrogen and oxygen atoms in total. The molecule has 1 aliphatic heterocycles. The molecule has 178 valence electrons. The van der Waals surface area contributed by atoms with E-state index in [1.807, 2.05) is 24.3 Å². The summed E-state index contributed by atoms with van der Waals surface area (Å²) in [6, 6.07) is 16.8. The predicted octanol–water partition coefficient (Wildman–Crippen LogP) is 5.69. The summed E-state index contributed by atoms with van der Waals surface area (Å²) in [7, 11) is -3.74. The fraction of sp³-hybridized carbons (Fsp3) is 0.120. The van der Waals surface area contributed by atoms with E-state index in [1.54, 1.807) is 22.8 Å². The number of anilines is 1. The number of para-hydroxylation sites is 1. The van der Waals surface area contributed by atoms with Crippen LogP contribution in [0.1, 0.15) is 15.9 Å². The zero-order valence-corrected chi connectivity index (χ0v) is 21.5. The van der Waals surface area contributed by atoms with Crippen LogP contribution in [0.25, 0.3) is 10.2 Å². The maximum absolute atomic E-state index is 13.2. The third-order valence-corrected chi connectivity index (χ3v) is 9.44. The molecule has 0 saturated carbocycles. The highest BCUT2D eigenvalue weighted by Gasteiger charge is 2.30. The van der Waals surface area contributed by atoms with E-state index in [-0.39, 0.29) is 10.5 Å². The molecule has 10 heteroatoms. The molecule has 0 fully saturated rings. The van der Waals surface area contributed by atoms with Crippen LogP contribution in [-0.2, 0) is 23.0 Å². The number of carbonyl (C=O) groups excluding carboxylic acids is 1. The van der Waals surface area contributed by atoms with E-state index in [0.29, 0.717) is 45.6 Å². The van der Waals surface area contributed by atoms with Gasteiger partial charge in [0.1, 0.15) is 0 Å². The molecule has 3 aromatic carbocycles. The number of hydrogen-bond acceptors (Lipinski definition) is 4. The maximum atomic E-state index is 13.2. The molecule has 0 N–H and O–H groups in total. The molecular weight excluding hydrogens is 525 g/mol. The minimum atomic E-state index is -3.74. The van der Waals surface area contributed by atoms with E-state index < -0.39 is 15.9 Å². The minimum absolute atomic E-state index is 0.121. The van der Waals surface area contributed by atoms with Crippen molar-refractivity contribution < 1.29 is 13.2 Å². The van der Waals surface area contributed by atoms with Crippen molar-refractivity contribution in [2.24, 2.45) is 4.99 Å². The first-order valence-electron chi connectivity index (χ1n) is 10.7. The lowest BCUT2D eigenvalue weighted by Gasteiger charge is -2.19. The van der Waals surface area contributed by atoms with Gasteiger partial charge >= 0.3 is 0 Å². The number of fused-ring (bicyclic) bond motifs is 2. The number of hydrogen-bond donors (Lipinski definition) is 0. The Hall–Kier alpha value is -2.91. The van der Waals surface area contributed by atoms with Gasteiger partial charge in [-0.1, -0.05) is 58.8 Å². The second-order valence-electron chi connectivity index (χ2n) is 7.89. The Labute approximate surface area is 216 Å². The Morgan fingerprint density at radius 1 is 1.09 bits per heavy atom. The number of allylic oxidation sites excluding steroid dienone is 1. The number of benzene rings is 3. The average Bonchev–Trinajstić information content (AvgIpc) is 3.44. The summed E-state index contributed by atoms with van der Waals surface area (Å²) in [6.45, 7) is 4.55. The molecule has 2 heterocycles. The molecule has 0 aliphatic carbocycles. The number of nitrogens with zero attached hydrogens (tertiary/aromatic N) is 3. The second kappa shape index (κ2) is 9.28. The zero-order chi connectivity index (χ0) is 24.7. The van der Waals surface area contributed by atoms with Crippen molar-refractivity contribution in [1.82, 2.24) is 4.57 Å². The zero-order valence-electron chi connectivity index (χ0n) is 18.3. The van der Waals surface area contributed by atoms with Gasteiger partial charge in [0.25, 0.3) is 15.9 Å².